The Morgan fingerprint density at radius 3 is 2.17 bits per heavy atom. The van der Waals surface area contributed by atoms with Crippen LogP contribution in [0.1, 0.15) is 38.6 Å². The molecule has 4 nitrogen and oxygen atoms in total. The van der Waals surface area contributed by atoms with Crippen LogP contribution in [0.5, 0.6) is 0 Å². The van der Waals surface area contributed by atoms with Crippen molar-refractivity contribution >= 4 is 5.91 Å². The molecule has 1 amide bonds. The highest BCUT2D eigenvalue weighted by Crippen LogP contribution is 2.20. The summed E-state index contributed by atoms with van der Waals surface area (Å²) in [6.07, 6.45) is 0. The highest BCUT2D eigenvalue weighted by Gasteiger charge is 2.24. The molecule has 0 unspecified atom stereocenters. The number of benzene rings is 1. The van der Waals surface area contributed by atoms with Crippen LogP contribution >= 0.6 is 0 Å². The molecular formula is C20H26N2O2. The van der Waals surface area contributed by atoms with E-state index in [1.807, 2.05) is 17.9 Å². The van der Waals surface area contributed by atoms with Gasteiger partial charge in [0.1, 0.15) is 5.76 Å². The maximum Gasteiger partial charge on any atom is 0.289 e. The smallest absolute Gasteiger partial charge is 0.289 e. The highest BCUT2D eigenvalue weighted by atomic mass is 16.3. The van der Waals surface area contributed by atoms with Crippen LogP contribution in [0, 0.1) is 27.7 Å². The van der Waals surface area contributed by atoms with Gasteiger partial charge < -0.3 is 9.32 Å². The summed E-state index contributed by atoms with van der Waals surface area (Å²) in [5.41, 5.74) is 5.45. The van der Waals surface area contributed by atoms with Crippen LogP contribution < -0.4 is 0 Å². The predicted molar refractivity (Wildman–Crippen MR) is 95.3 cm³/mol. The zero-order valence-electron chi connectivity index (χ0n) is 15.1. The third-order valence-corrected chi connectivity index (χ3v) is 4.83. The monoisotopic (exact) mass is 326 g/mol. The molecule has 3 rings (SSSR count). The largest absolute Gasteiger partial charge is 0.456 e. The van der Waals surface area contributed by atoms with Crippen LogP contribution in [-0.4, -0.2) is 41.9 Å². The number of carbonyl (C=O) groups excluding carboxylic acids is 1. The van der Waals surface area contributed by atoms with E-state index in [1.54, 1.807) is 6.07 Å². The molecule has 128 valence electrons. The summed E-state index contributed by atoms with van der Waals surface area (Å²) >= 11 is 0. The molecule has 1 aliphatic heterocycles. The van der Waals surface area contributed by atoms with Crippen molar-refractivity contribution in [1.29, 1.82) is 0 Å². The van der Waals surface area contributed by atoms with Gasteiger partial charge in [0, 0.05) is 32.7 Å². The molecule has 24 heavy (non-hydrogen) atoms. The summed E-state index contributed by atoms with van der Waals surface area (Å²) in [5.74, 6) is 1.24. The number of piperazine rings is 1. The maximum absolute atomic E-state index is 12.4. The maximum atomic E-state index is 12.4. The van der Waals surface area contributed by atoms with Crippen molar-refractivity contribution in [2.24, 2.45) is 0 Å². The molecule has 0 N–H and O–H groups in total. The van der Waals surface area contributed by atoms with E-state index in [1.165, 1.54) is 22.3 Å². The second kappa shape index (κ2) is 6.81. The summed E-state index contributed by atoms with van der Waals surface area (Å²) in [6, 6.07) is 8.11. The van der Waals surface area contributed by atoms with E-state index >= 15 is 0 Å². The average Bonchev–Trinajstić information content (AvgIpc) is 2.97. The summed E-state index contributed by atoms with van der Waals surface area (Å²) < 4.78 is 5.46. The molecule has 1 aromatic carbocycles. The van der Waals surface area contributed by atoms with Gasteiger partial charge in [-0.2, -0.15) is 0 Å². The summed E-state index contributed by atoms with van der Waals surface area (Å²) in [6.45, 7) is 12.6. The molecule has 0 aliphatic carbocycles. The van der Waals surface area contributed by atoms with Crippen molar-refractivity contribution in [1.82, 2.24) is 9.80 Å². The fourth-order valence-electron chi connectivity index (χ4n) is 3.50. The lowest BCUT2D eigenvalue weighted by molar-refractivity contribution is 0.0596. The molecule has 1 fully saturated rings. The molecule has 0 atom stereocenters. The van der Waals surface area contributed by atoms with Crippen LogP contribution in [0.3, 0.4) is 0 Å². The molecule has 1 aliphatic rings. The minimum absolute atomic E-state index is 0.00504. The molecular weight excluding hydrogens is 300 g/mol. The first-order chi connectivity index (χ1) is 11.4. The van der Waals surface area contributed by atoms with Gasteiger partial charge in [0.05, 0.1) is 0 Å². The molecule has 4 heteroatoms. The van der Waals surface area contributed by atoms with E-state index < -0.39 is 0 Å². The Morgan fingerprint density at radius 1 is 1.00 bits per heavy atom. The molecule has 0 spiro atoms. The van der Waals surface area contributed by atoms with E-state index in [2.05, 4.69) is 37.8 Å². The van der Waals surface area contributed by atoms with Gasteiger partial charge in [0.2, 0.25) is 0 Å². The number of amides is 1. The van der Waals surface area contributed by atoms with Crippen molar-refractivity contribution < 1.29 is 9.21 Å². The molecule has 0 bridgehead atoms. The molecule has 2 aromatic rings. The normalized spacial score (nSPS) is 15.8. The van der Waals surface area contributed by atoms with Crippen LogP contribution in [0.25, 0.3) is 0 Å². The summed E-state index contributed by atoms with van der Waals surface area (Å²) in [4.78, 5) is 16.8. The molecule has 2 heterocycles. The van der Waals surface area contributed by atoms with Gasteiger partial charge in [0.15, 0.2) is 5.76 Å². The number of hydrogen-bond acceptors (Lipinski definition) is 3. The lowest BCUT2D eigenvalue weighted by Crippen LogP contribution is -2.48. The predicted octanol–water partition coefficient (Wildman–Crippen LogP) is 3.47. The van der Waals surface area contributed by atoms with Crippen LogP contribution in [-0.2, 0) is 6.54 Å². The highest BCUT2D eigenvalue weighted by molar-refractivity contribution is 5.91. The Kier molecular flexibility index (Phi) is 4.76. The first kappa shape index (κ1) is 16.8. The Bertz CT molecular complexity index is 717. The zero-order valence-corrected chi connectivity index (χ0v) is 15.1. The Balaban J connectivity index is 1.60. The number of nitrogens with zero attached hydrogens (tertiary/aromatic N) is 2. The number of aryl methyl sites for hydroxylation is 4. The van der Waals surface area contributed by atoms with Crippen molar-refractivity contribution in [3.63, 3.8) is 0 Å². The van der Waals surface area contributed by atoms with Crippen molar-refractivity contribution in [3.8, 4) is 0 Å². The Labute approximate surface area is 144 Å². The van der Waals surface area contributed by atoms with E-state index in [0.717, 1.165) is 38.5 Å². The van der Waals surface area contributed by atoms with Gasteiger partial charge in [-0.3, -0.25) is 9.69 Å². The lowest BCUT2D eigenvalue weighted by atomic mass is 9.99. The quantitative estimate of drug-likeness (QED) is 0.866. The fourth-order valence-corrected chi connectivity index (χ4v) is 3.50. The van der Waals surface area contributed by atoms with Crippen LogP contribution in [0.2, 0.25) is 0 Å². The van der Waals surface area contributed by atoms with Gasteiger partial charge in [-0.25, -0.2) is 0 Å². The van der Waals surface area contributed by atoms with E-state index in [0.29, 0.717) is 5.76 Å². The zero-order chi connectivity index (χ0) is 17.3. The summed E-state index contributed by atoms with van der Waals surface area (Å²) in [7, 11) is 0. The second-order valence-electron chi connectivity index (χ2n) is 6.86. The summed E-state index contributed by atoms with van der Waals surface area (Å²) in [5, 5.41) is 0. The Morgan fingerprint density at radius 2 is 1.62 bits per heavy atom. The van der Waals surface area contributed by atoms with Gasteiger partial charge in [0.25, 0.3) is 5.91 Å². The second-order valence-corrected chi connectivity index (χ2v) is 6.86. The third kappa shape index (κ3) is 3.54. The topological polar surface area (TPSA) is 36.7 Å². The van der Waals surface area contributed by atoms with E-state index in [4.69, 9.17) is 4.42 Å². The van der Waals surface area contributed by atoms with Gasteiger partial charge in [-0.05, 0) is 56.5 Å². The minimum atomic E-state index is 0.00504. The van der Waals surface area contributed by atoms with Crippen LogP contribution in [0.4, 0.5) is 0 Å². The van der Waals surface area contributed by atoms with Gasteiger partial charge in [-0.15, -0.1) is 0 Å². The average molecular weight is 326 g/mol. The van der Waals surface area contributed by atoms with E-state index in [-0.39, 0.29) is 5.91 Å². The first-order valence-electron chi connectivity index (χ1n) is 8.59. The first-order valence-corrected chi connectivity index (χ1v) is 8.59. The van der Waals surface area contributed by atoms with Gasteiger partial charge >= 0.3 is 0 Å². The van der Waals surface area contributed by atoms with Gasteiger partial charge in [-0.1, -0.05) is 17.7 Å². The van der Waals surface area contributed by atoms with E-state index in [9.17, 15) is 4.79 Å². The molecule has 0 saturated carbocycles. The standard InChI is InChI=1S/C20H26N2O2/c1-14-11-15(2)18(16(3)12-14)13-21-7-9-22(10-8-21)20(23)19-6-5-17(4)24-19/h5-6,11-12H,7-10,13H2,1-4H3. The molecule has 1 saturated heterocycles. The minimum Gasteiger partial charge on any atom is -0.456 e. The third-order valence-electron chi connectivity index (χ3n) is 4.83. The van der Waals surface area contributed by atoms with Crippen LogP contribution in [0.15, 0.2) is 28.7 Å². The van der Waals surface area contributed by atoms with Crippen molar-refractivity contribution in [2.75, 3.05) is 26.2 Å². The fraction of sp³-hybridized carbons (Fsp3) is 0.450. The van der Waals surface area contributed by atoms with Crippen molar-refractivity contribution in [2.45, 2.75) is 34.2 Å². The van der Waals surface area contributed by atoms with Crippen molar-refractivity contribution in [3.05, 3.63) is 58.0 Å². The lowest BCUT2D eigenvalue weighted by Gasteiger charge is -2.35. The number of furan rings is 1. The number of rotatable bonds is 3. The molecule has 0 radical (unpaired) electrons. The Hall–Kier alpha value is -2.07. The molecule has 1 aromatic heterocycles. The number of carbonyl (C=O) groups is 1. The SMILES string of the molecule is Cc1cc(C)c(CN2CCN(C(=O)c3ccc(C)o3)CC2)c(C)c1. The number of hydrogen-bond donors (Lipinski definition) is 0.